The second-order valence-electron chi connectivity index (χ2n) is 6.29. The molecule has 1 heterocycles. The van der Waals surface area contributed by atoms with Gasteiger partial charge in [-0.25, -0.2) is 4.68 Å². The quantitative estimate of drug-likeness (QED) is 0.697. The van der Waals surface area contributed by atoms with E-state index in [0.29, 0.717) is 23.2 Å². The number of nitrogens with one attached hydrogen (secondary N) is 1. The van der Waals surface area contributed by atoms with Crippen LogP contribution in [-0.2, 0) is 12.6 Å². The molecule has 0 bridgehead atoms. The Bertz CT molecular complexity index is 1150. The Morgan fingerprint density at radius 3 is 2.43 bits per heavy atom. The topological polar surface area (TPSA) is 94.5 Å². The number of nitriles is 2. The molecular weight excluding hydrogens is 395 g/mol. The Labute approximate surface area is 169 Å². The van der Waals surface area contributed by atoms with Gasteiger partial charge in [-0.2, -0.15) is 28.8 Å². The molecule has 0 saturated carbocycles. The van der Waals surface area contributed by atoms with Crippen molar-refractivity contribution in [2.24, 2.45) is 0 Å². The van der Waals surface area contributed by atoms with E-state index in [1.807, 2.05) is 6.07 Å². The van der Waals surface area contributed by atoms with Crippen molar-refractivity contribution in [2.45, 2.75) is 12.6 Å². The maximum atomic E-state index is 13.1. The first kappa shape index (κ1) is 20.6. The van der Waals surface area contributed by atoms with Gasteiger partial charge in [-0.05, 0) is 48.5 Å². The summed E-state index contributed by atoms with van der Waals surface area (Å²) in [6.45, 7) is 0.275. The van der Waals surface area contributed by atoms with E-state index < -0.39 is 17.3 Å². The van der Waals surface area contributed by atoms with E-state index in [2.05, 4.69) is 10.4 Å². The molecule has 1 amide bonds. The first-order valence-corrected chi connectivity index (χ1v) is 8.76. The van der Waals surface area contributed by atoms with Crippen LogP contribution in [0.15, 0.2) is 54.7 Å². The Morgan fingerprint density at radius 1 is 1.07 bits per heavy atom. The van der Waals surface area contributed by atoms with Crippen molar-refractivity contribution in [3.8, 4) is 17.8 Å². The fourth-order valence-electron chi connectivity index (χ4n) is 2.75. The number of nitrogens with zero attached hydrogens (tertiary/aromatic N) is 4. The molecule has 0 radical (unpaired) electrons. The number of amides is 1. The molecule has 6 nitrogen and oxygen atoms in total. The minimum atomic E-state index is -4.65. The second-order valence-corrected chi connectivity index (χ2v) is 6.29. The summed E-state index contributed by atoms with van der Waals surface area (Å²) in [7, 11) is 0. The summed E-state index contributed by atoms with van der Waals surface area (Å²) in [6.07, 6.45) is -2.76. The molecule has 3 rings (SSSR count). The molecule has 0 saturated heterocycles. The maximum Gasteiger partial charge on any atom is 0.417 e. The average molecular weight is 409 g/mol. The summed E-state index contributed by atoms with van der Waals surface area (Å²) in [5.41, 5.74) is 0.144. The maximum absolute atomic E-state index is 13.1. The molecule has 30 heavy (non-hydrogen) atoms. The average Bonchev–Trinajstić information content (AvgIpc) is 3.21. The van der Waals surface area contributed by atoms with Gasteiger partial charge in [0, 0.05) is 24.7 Å². The third-order valence-corrected chi connectivity index (χ3v) is 4.28. The van der Waals surface area contributed by atoms with Crippen molar-refractivity contribution in [1.82, 2.24) is 15.1 Å². The third-order valence-electron chi connectivity index (χ3n) is 4.28. The van der Waals surface area contributed by atoms with Crippen molar-refractivity contribution in [2.75, 3.05) is 6.54 Å². The third kappa shape index (κ3) is 4.65. The van der Waals surface area contributed by atoms with Crippen molar-refractivity contribution in [3.63, 3.8) is 0 Å². The lowest BCUT2D eigenvalue weighted by molar-refractivity contribution is -0.137. The monoisotopic (exact) mass is 409 g/mol. The van der Waals surface area contributed by atoms with Crippen LogP contribution in [0.25, 0.3) is 5.69 Å². The number of halogens is 3. The van der Waals surface area contributed by atoms with Crippen LogP contribution in [0.1, 0.15) is 32.7 Å². The number of hydrogen-bond donors (Lipinski definition) is 1. The van der Waals surface area contributed by atoms with Gasteiger partial charge in [0.25, 0.3) is 5.91 Å². The SMILES string of the molecule is N#Cc1ccc(C(=O)NCCc2ccn(-c3ccc(C#N)c(C(F)(F)F)c3)n2)cc1. The lowest BCUT2D eigenvalue weighted by Gasteiger charge is -2.10. The molecule has 1 N–H and O–H groups in total. The Kier molecular flexibility index (Phi) is 5.84. The highest BCUT2D eigenvalue weighted by molar-refractivity contribution is 5.94. The zero-order valence-electron chi connectivity index (χ0n) is 15.4. The number of benzene rings is 2. The van der Waals surface area contributed by atoms with Gasteiger partial charge in [-0.15, -0.1) is 0 Å². The number of carbonyl (C=O) groups excluding carboxylic acids is 1. The molecule has 0 unspecified atom stereocenters. The van der Waals surface area contributed by atoms with Crippen LogP contribution in [0.4, 0.5) is 13.2 Å². The number of hydrogen-bond acceptors (Lipinski definition) is 4. The molecule has 0 atom stereocenters. The van der Waals surface area contributed by atoms with Crippen LogP contribution in [0.3, 0.4) is 0 Å². The molecule has 2 aromatic carbocycles. The highest BCUT2D eigenvalue weighted by atomic mass is 19.4. The van der Waals surface area contributed by atoms with E-state index in [4.69, 9.17) is 10.5 Å². The minimum Gasteiger partial charge on any atom is -0.352 e. The fraction of sp³-hybridized carbons (Fsp3) is 0.143. The van der Waals surface area contributed by atoms with Crippen LogP contribution in [0, 0.1) is 22.7 Å². The van der Waals surface area contributed by atoms with Gasteiger partial charge in [0.05, 0.1) is 40.2 Å². The zero-order valence-corrected chi connectivity index (χ0v) is 15.4. The van der Waals surface area contributed by atoms with E-state index in [0.717, 1.165) is 12.1 Å². The number of aromatic nitrogens is 2. The molecule has 0 spiro atoms. The predicted molar refractivity (Wildman–Crippen MR) is 100 cm³/mol. The summed E-state index contributed by atoms with van der Waals surface area (Å²) >= 11 is 0. The summed E-state index contributed by atoms with van der Waals surface area (Å²) < 4.78 is 40.7. The fourth-order valence-corrected chi connectivity index (χ4v) is 2.75. The number of alkyl halides is 3. The van der Waals surface area contributed by atoms with E-state index in [1.54, 1.807) is 30.3 Å². The minimum absolute atomic E-state index is 0.175. The van der Waals surface area contributed by atoms with Crippen molar-refractivity contribution >= 4 is 5.91 Å². The van der Waals surface area contributed by atoms with Crippen molar-refractivity contribution in [3.05, 3.63) is 82.7 Å². The highest BCUT2D eigenvalue weighted by Gasteiger charge is 2.34. The molecule has 3 aromatic rings. The van der Waals surface area contributed by atoms with E-state index in [-0.39, 0.29) is 18.1 Å². The molecule has 1 aromatic heterocycles. The molecule has 0 aliphatic carbocycles. The number of carbonyl (C=O) groups is 1. The number of rotatable bonds is 5. The first-order chi connectivity index (χ1) is 14.3. The van der Waals surface area contributed by atoms with Crippen molar-refractivity contribution < 1.29 is 18.0 Å². The van der Waals surface area contributed by atoms with Gasteiger partial charge in [0.1, 0.15) is 0 Å². The molecule has 0 aliphatic rings. The second kappa shape index (κ2) is 8.50. The van der Waals surface area contributed by atoms with Gasteiger partial charge in [-0.3, -0.25) is 4.79 Å². The summed E-state index contributed by atoms with van der Waals surface area (Å²) in [5, 5.41) is 24.6. The van der Waals surface area contributed by atoms with Crippen molar-refractivity contribution in [1.29, 1.82) is 10.5 Å². The largest absolute Gasteiger partial charge is 0.417 e. The van der Waals surface area contributed by atoms with Crippen LogP contribution >= 0.6 is 0 Å². The Morgan fingerprint density at radius 2 is 1.80 bits per heavy atom. The van der Waals surface area contributed by atoms with Crippen LogP contribution in [0.2, 0.25) is 0 Å². The van der Waals surface area contributed by atoms with Crippen LogP contribution in [0.5, 0.6) is 0 Å². The van der Waals surface area contributed by atoms with E-state index in [9.17, 15) is 18.0 Å². The van der Waals surface area contributed by atoms with Gasteiger partial charge in [0.15, 0.2) is 0 Å². The summed E-state index contributed by atoms with van der Waals surface area (Å²) in [6, 6.07) is 14.7. The van der Waals surface area contributed by atoms with Gasteiger partial charge >= 0.3 is 6.18 Å². The first-order valence-electron chi connectivity index (χ1n) is 8.76. The smallest absolute Gasteiger partial charge is 0.352 e. The van der Waals surface area contributed by atoms with Gasteiger partial charge in [-0.1, -0.05) is 0 Å². The Balaban J connectivity index is 1.65. The molecule has 0 fully saturated rings. The zero-order chi connectivity index (χ0) is 21.7. The summed E-state index contributed by atoms with van der Waals surface area (Å²) in [4.78, 5) is 12.1. The van der Waals surface area contributed by atoms with Gasteiger partial charge in [0.2, 0.25) is 0 Å². The standard InChI is InChI=1S/C21H14F3N5O/c22-21(23,24)19-11-18(6-5-16(19)13-26)29-10-8-17(28-29)7-9-27-20(30)15-3-1-14(12-25)2-4-15/h1-6,8,10-11H,7,9H2,(H,27,30). The lowest BCUT2D eigenvalue weighted by atomic mass is 10.1. The van der Waals surface area contributed by atoms with E-state index in [1.165, 1.54) is 23.0 Å². The highest BCUT2D eigenvalue weighted by Crippen LogP contribution is 2.33. The predicted octanol–water partition coefficient (Wildman–Crippen LogP) is 3.61. The summed E-state index contributed by atoms with van der Waals surface area (Å²) in [5.74, 6) is -0.305. The molecule has 150 valence electrons. The lowest BCUT2D eigenvalue weighted by Crippen LogP contribution is -2.25. The Hall–Kier alpha value is -4.11. The normalized spacial score (nSPS) is 10.8. The molecular formula is C21H14F3N5O. The van der Waals surface area contributed by atoms with E-state index >= 15 is 0 Å². The van der Waals surface area contributed by atoms with Crippen LogP contribution in [-0.4, -0.2) is 22.2 Å². The van der Waals surface area contributed by atoms with Gasteiger partial charge < -0.3 is 5.32 Å². The molecule has 0 aliphatic heterocycles. The molecule has 9 heteroatoms. The van der Waals surface area contributed by atoms with Crippen LogP contribution < -0.4 is 5.32 Å².